The molecule has 0 aliphatic rings. The fraction of sp³-hybridized carbons (Fsp3) is 0.133. The molecule has 2 aromatic rings. The summed E-state index contributed by atoms with van der Waals surface area (Å²) in [6.07, 6.45) is -4.63. The summed E-state index contributed by atoms with van der Waals surface area (Å²) in [5.41, 5.74) is -1.19. The predicted molar refractivity (Wildman–Crippen MR) is 85.1 cm³/mol. The molecule has 0 aliphatic heterocycles. The Kier molecular flexibility index (Phi) is 5.21. The second-order valence-corrected chi connectivity index (χ2v) is 5.78. The summed E-state index contributed by atoms with van der Waals surface area (Å²) in [4.78, 5) is 12.2. The molecule has 0 atom stereocenters. The first-order chi connectivity index (χ1) is 10.7. The Morgan fingerprint density at radius 3 is 2.48 bits per heavy atom. The predicted octanol–water partition coefficient (Wildman–Crippen LogP) is 5.38. The number of benzene rings is 2. The molecule has 1 amide bonds. The Labute approximate surface area is 143 Å². The molecule has 2 rings (SSSR count). The first-order valence-electron chi connectivity index (χ1n) is 6.24. The lowest BCUT2D eigenvalue weighted by molar-refractivity contribution is -0.136. The van der Waals surface area contributed by atoms with E-state index in [1.807, 2.05) is 0 Å². The highest BCUT2D eigenvalue weighted by Gasteiger charge is 2.34. The third kappa shape index (κ3) is 4.17. The van der Waals surface area contributed by atoms with Crippen molar-refractivity contribution in [3.63, 3.8) is 0 Å². The molecule has 0 saturated heterocycles. The Morgan fingerprint density at radius 1 is 1.22 bits per heavy atom. The molecule has 0 heterocycles. The molecule has 0 radical (unpaired) electrons. The molecule has 2 aromatic carbocycles. The van der Waals surface area contributed by atoms with Gasteiger partial charge in [-0.15, -0.1) is 0 Å². The van der Waals surface area contributed by atoms with E-state index in [9.17, 15) is 18.0 Å². The van der Waals surface area contributed by atoms with Crippen molar-refractivity contribution in [2.24, 2.45) is 0 Å². The van der Waals surface area contributed by atoms with Gasteiger partial charge in [-0.05, 0) is 52.3 Å². The van der Waals surface area contributed by atoms with Crippen LogP contribution < -0.4 is 10.1 Å². The van der Waals surface area contributed by atoms with Crippen LogP contribution in [-0.4, -0.2) is 13.0 Å². The van der Waals surface area contributed by atoms with Crippen molar-refractivity contribution in [1.82, 2.24) is 0 Å². The lowest BCUT2D eigenvalue weighted by atomic mass is 10.1. The number of amides is 1. The maximum absolute atomic E-state index is 13.0. The maximum atomic E-state index is 13.0. The van der Waals surface area contributed by atoms with Crippen molar-refractivity contribution in [2.75, 3.05) is 12.4 Å². The van der Waals surface area contributed by atoms with Gasteiger partial charge in [-0.2, -0.15) is 13.2 Å². The van der Waals surface area contributed by atoms with Gasteiger partial charge in [0.1, 0.15) is 5.75 Å². The zero-order chi connectivity index (χ0) is 17.2. The minimum absolute atomic E-state index is 0.0671. The zero-order valence-electron chi connectivity index (χ0n) is 11.7. The maximum Gasteiger partial charge on any atom is 0.418 e. The van der Waals surface area contributed by atoms with Crippen LogP contribution in [0.4, 0.5) is 18.9 Å². The summed E-state index contributed by atoms with van der Waals surface area (Å²) < 4.78 is 44.6. The van der Waals surface area contributed by atoms with E-state index in [4.69, 9.17) is 16.3 Å². The number of carbonyl (C=O) groups is 1. The highest BCUT2D eigenvalue weighted by molar-refractivity contribution is 9.10. The first-order valence-corrected chi connectivity index (χ1v) is 7.41. The molecule has 8 heteroatoms. The van der Waals surface area contributed by atoms with Gasteiger partial charge in [0.2, 0.25) is 0 Å². The highest BCUT2D eigenvalue weighted by Crippen LogP contribution is 2.36. The molecule has 0 spiro atoms. The van der Waals surface area contributed by atoms with E-state index in [2.05, 4.69) is 21.2 Å². The second-order valence-electron chi connectivity index (χ2n) is 4.49. The average Bonchev–Trinajstić information content (AvgIpc) is 2.47. The van der Waals surface area contributed by atoms with Crippen LogP contribution in [0.15, 0.2) is 40.9 Å². The lowest BCUT2D eigenvalue weighted by Gasteiger charge is -2.14. The van der Waals surface area contributed by atoms with Crippen molar-refractivity contribution in [3.05, 3.63) is 57.0 Å². The van der Waals surface area contributed by atoms with E-state index in [0.717, 1.165) is 12.1 Å². The van der Waals surface area contributed by atoms with Gasteiger partial charge in [-0.3, -0.25) is 4.79 Å². The molecule has 0 aromatic heterocycles. The summed E-state index contributed by atoms with van der Waals surface area (Å²) >= 11 is 8.81. The largest absolute Gasteiger partial charge is 0.496 e. The summed E-state index contributed by atoms with van der Waals surface area (Å²) in [6, 6.07) is 7.59. The molecule has 0 aliphatic carbocycles. The summed E-state index contributed by atoms with van der Waals surface area (Å²) in [7, 11) is 1.46. The van der Waals surface area contributed by atoms with Crippen LogP contribution in [-0.2, 0) is 6.18 Å². The number of hydrogen-bond donors (Lipinski definition) is 1. The van der Waals surface area contributed by atoms with Crippen molar-refractivity contribution in [3.8, 4) is 5.75 Å². The zero-order valence-corrected chi connectivity index (χ0v) is 14.0. The number of rotatable bonds is 3. The second kappa shape index (κ2) is 6.80. The topological polar surface area (TPSA) is 38.3 Å². The Bertz CT molecular complexity index is 750. The molecule has 3 nitrogen and oxygen atoms in total. The molecule has 1 N–H and O–H groups in total. The average molecular weight is 409 g/mol. The number of methoxy groups -OCH3 is 1. The normalized spacial score (nSPS) is 11.2. The fourth-order valence-electron chi connectivity index (χ4n) is 1.86. The van der Waals surface area contributed by atoms with Gasteiger partial charge >= 0.3 is 6.18 Å². The summed E-state index contributed by atoms with van der Waals surface area (Å²) in [5.74, 6) is -0.176. The molecule has 0 unspecified atom stereocenters. The van der Waals surface area contributed by atoms with Crippen LogP contribution in [0.1, 0.15) is 15.9 Å². The third-order valence-electron chi connectivity index (χ3n) is 2.95. The van der Waals surface area contributed by atoms with Crippen LogP contribution in [0, 0.1) is 0 Å². The SMILES string of the molecule is COc1ccc(C(=O)Nc2ccc(Cl)cc2C(F)(F)F)cc1Br. The quantitative estimate of drug-likeness (QED) is 0.740. The van der Waals surface area contributed by atoms with Gasteiger partial charge in [-0.1, -0.05) is 11.6 Å². The minimum Gasteiger partial charge on any atom is -0.496 e. The molecular formula is C15H10BrClF3NO2. The van der Waals surface area contributed by atoms with Gasteiger partial charge in [0.05, 0.1) is 22.8 Å². The highest BCUT2D eigenvalue weighted by atomic mass is 79.9. The summed E-state index contributed by atoms with van der Waals surface area (Å²) in [6.45, 7) is 0. The number of carbonyl (C=O) groups excluding carboxylic acids is 1. The molecule has 122 valence electrons. The van der Waals surface area contributed by atoms with E-state index >= 15 is 0 Å². The van der Waals surface area contributed by atoms with E-state index in [-0.39, 0.29) is 16.3 Å². The number of alkyl halides is 3. The number of hydrogen-bond acceptors (Lipinski definition) is 2. The molecule has 0 bridgehead atoms. The third-order valence-corrected chi connectivity index (χ3v) is 3.80. The number of ether oxygens (including phenoxy) is 1. The Morgan fingerprint density at radius 2 is 1.91 bits per heavy atom. The lowest BCUT2D eigenvalue weighted by Crippen LogP contribution is -2.16. The first kappa shape index (κ1) is 17.6. The Balaban J connectivity index is 2.32. The van der Waals surface area contributed by atoms with Gasteiger partial charge in [-0.25, -0.2) is 0 Å². The standard InChI is InChI=1S/C15H10BrClF3NO2/c1-23-13-5-2-8(6-11(13)16)14(22)21-12-4-3-9(17)7-10(12)15(18,19)20/h2-7H,1H3,(H,21,22). The van der Waals surface area contributed by atoms with Crippen molar-refractivity contribution >= 4 is 39.1 Å². The molecule has 0 fully saturated rings. The van der Waals surface area contributed by atoms with Crippen molar-refractivity contribution in [1.29, 1.82) is 0 Å². The van der Waals surface area contributed by atoms with E-state index in [0.29, 0.717) is 10.2 Å². The fourth-order valence-corrected chi connectivity index (χ4v) is 2.57. The van der Waals surface area contributed by atoms with Crippen LogP contribution in [0.2, 0.25) is 5.02 Å². The van der Waals surface area contributed by atoms with Crippen LogP contribution in [0.3, 0.4) is 0 Å². The summed E-state index contributed by atoms with van der Waals surface area (Å²) in [5, 5.41) is 2.18. The number of nitrogens with one attached hydrogen (secondary N) is 1. The van der Waals surface area contributed by atoms with Crippen molar-refractivity contribution < 1.29 is 22.7 Å². The van der Waals surface area contributed by atoms with E-state index < -0.39 is 17.6 Å². The smallest absolute Gasteiger partial charge is 0.418 e. The van der Waals surface area contributed by atoms with Crippen molar-refractivity contribution in [2.45, 2.75) is 6.18 Å². The number of anilines is 1. The Hall–Kier alpha value is -1.73. The van der Waals surface area contributed by atoms with Gasteiger partial charge < -0.3 is 10.1 Å². The van der Waals surface area contributed by atoms with Crippen LogP contribution in [0.25, 0.3) is 0 Å². The minimum atomic E-state index is -4.63. The number of halogens is 5. The van der Waals surface area contributed by atoms with Crippen LogP contribution in [0.5, 0.6) is 5.75 Å². The molecular weight excluding hydrogens is 399 g/mol. The molecule has 23 heavy (non-hydrogen) atoms. The van der Waals surface area contributed by atoms with Gasteiger partial charge in [0, 0.05) is 10.6 Å². The van der Waals surface area contributed by atoms with Crippen LogP contribution >= 0.6 is 27.5 Å². The van der Waals surface area contributed by atoms with Gasteiger partial charge in [0.15, 0.2) is 0 Å². The monoisotopic (exact) mass is 407 g/mol. The van der Waals surface area contributed by atoms with E-state index in [1.165, 1.54) is 31.4 Å². The molecule has 0 saturated carbocycles. The van der Waals surface area contributed by atoms with E-state index in [1.54, 1.807) is 0 Å². The van der Waals surface area contributed by atoms with Gasteiger partial charge in [0.25, 0.3) is 5.91 Å².